The number of nitrogens with zero attached hydrogens (tertiary/aromatic N) is 2. The molecule has 3 aromatic rings. The molecule has 3 rings (SSSR count). The maximum Gasteiger partial charge on any atom is 0.328 e. The van der Waals surface area contributed by atoms with Crippen LogP contribution in [0.15, 0.2) is 47.3 Å². The van der Waals surface area contributed by atoms with Crippen LogP contribution in [0.2, 0.25) is 0 Å². The molecule has 7 nitrogen and oxygen atoms in total. The number of ether oxygens (including phenoxy) is 1. The molecule has 0 radical (unpaired) electrons. The van der Waals surface area contributed by atoms with E-state index in [0.717, 1.165) is 36.1 Å². The molecule has 0 spiro atoms. The summed E-state index contributed by atoms with van der Waals surface area (Å²) in [5.41, 5.74) is 3.35. The SMILES string of the molecule is Cn1c(=O)n(C)c2cc([C@H](O)COc3ccc(CNCCCO)cc3)ccc21. The van der Waals surface area contributed by atoms with E-state index in [1.165, 1.54) is 0 Å². The molecule has 150 valence electrons. The molecule has 7 heteroatoms. The minimum absolute atomic E-state index is 0.0937. The zero-order valence-electron chi connectivity index (χ0n) is 16.3. The zero-order chi connectivity index (χ0) is 20.1. The van der Waals surface area contributed by atoms with Crippen molar-refractivity contribution in [2.45, 2.75) is 19.1 Å². The summed E-state index contributed by atoms with van der Waals surface area (Å²) in [5, 5.41) is 22.5. The first-order valence-corrected chi connectivity index (χ1v) is 9.38. The summed E-state index contributed by atoms with van der Waals surface area (Å²) < 4.78 is 8.87. The zero-order valence-corrected chi connectivity index (χ0v) is 16.3. The molecule has 2 aromatic carbocycles. The summed E-state index contributed by atoms with van der Waals surface area (Å²) in [7, 11) is 3.45. The molecule has 0 amide bonds. The van der Waals surface area contributed by atoms with Crippen LogP contribution in [0.25, 0.3) is 11.0 Å². The van der Waals surface area contributed by atoms with Crippen LogP contribution in [0.1, 0.15) is 23.7 Å². The van der Waals surface area contributed by atoms with Crippen molar-refractivity contribution in [3.63, 3.8) is 0 Å². The summed E-state index contributed by atoms with van der Waals surface area (Å²) >= 11 is 0. The monoisotopic (exact) mass is 385 g/mol. The van der Waals surface area contributed by atoms with Crippen LogP contribution in [0, 0.1) is 0 Å². The highest BCUT2D eigenvalue weighted by atomic mass is 16.5. The first-order chi connectivity index (χ1) is 13.5. The molecule has 0 saturated carbocycles. The van der Waals surface area contributed by atoms with Crippen molar-refractivity contribution >= 4 is 11.0 Å². The van der Waals surface area contributed by atoms with Gasteiger partial charge in [-0.25, -0.2) is 4.79 Å². The predicted octanol–water partition coefficient (Wildman–Crippen LogP) is 1.46. The van der Waals surface area contributed by atoms with Crippen LogP contribution in [0.3, 0.4) is 0 Å². The molecular weight excluding hydrogens is 358 g/mol. The van der Waals surface area contributed by atoms with Crippen molar-refractivity contribution in [3.05, 3.63) is 64.1 Å². The van der Waals surface area contributed by atoms with Gasteiger partial charge in [0.25, 0.3) is 0 Å². The number of nitrogens with one attached hydrogen (secondary N) is 1. The number of rotatable bonds is 9. The van der Waals surface area contributed by atoms with Crippen LogP contribution >= 0.6 is 0 Å². The summed E-state index contributed by atoms with van der Waals surface area (Å²) in [6.45, 7) is 1.83. The Hall–Kier alpha value is -2.61. The molecule has 0 unspecified atom stereocenters. The fourth-order valence-electron chi connectivity index (χ4n) is 3.14. The van der Waals surface area contributed by atoms with E-state index in [2.05, 4.69) is 5.32 Å². The molecule has 0 aliphatic carbocycles. The number of fused-ring (bicyclic) bond motifs is 1. The van der Waals surface area contributed by atoms with E-state index >= 15 is 0 Å². The number of aryl methyl sites for hydroxylation is 2. The van der Waals surface area contributed by atoms with Gasteiger partial charge in [-0.2, -0.15) is 0 Å². The maximum absolute atomic E-state index is 12.0. The topological polar surface area (TPSA) is 88.7 Å². The van der Waals surface area contributed by atoms with Crippen molar-refractivity contribution in [3.8, 4) is 5.75 Å². The number of aromatic nitrogens is 2. The lowest BCUT2D eigenvalue weighted by Gasteiger charge is -2.13. The molecule has 3 N–H and O–H groups in total. The Morgan fingerprint density at radius 1 is 1.07 bits per heavy atom. The molecule has 0 saturated heterocycles. The lowest BCUT2D eigenvalue weighted by Crippen LogP contribution is -2.19. The van der Waals surface area contributed by atoms with Gasteiger partial charge in [0, 0.05) is 27.2 Å². The molecule has 0 bridgehead atoms. The fourth-order valence-corrected chi connectivity index (χ4v) is 3.14. The van der Waals surface area contributed by atoms with E-state index in [-0.39, 0.29) is 18.9 Å². The van der Waals surface area contributed by atoms with Crippen LogP contribution in [0.4, 0.5) is 0 Å². The third-order valence-electron chi connectivity index (χ3n) is 4.85. The van der Waals surface area contributed by atoms with E-state index in [4.69, 9.17) is 9.84 Å². The Labute approximate surface area is 163 Å². The van der Waals surface area contributed by atoms with Crippen molar-refractivity contribution < 1.29 is 14.9 Å². The van der Waals surface area contributed by atoms with Crippen LogP contribution < -0.4 is 15.7 Å². The number of hydrogen-bond acceptors (Lipinski definition) is 5. The van der Waals surface area contributed by atoms with Gasteiger partial charge >= 0.3 is 5.69 Å². The summed E-state index contributed by atoms with van der Waals surface area (Å²) in [6.07, 6.45) is -0.0540. The fraction of sp³-hybridized carbons (Fsp3) is 0.381. The normalized spacial score (nSPS) is 12.4. The number of hydrogen-bond donors (Lipinski definition) is 3. The predicted molar refractivity (Wildman–Crippen MR) is 108 cm³/mol. The third-order valence-corrected chi connectivity index (χ3v) is 4.85. The Morgan fingerprint density at radius 3 is 2.50 bits per heavy atom. The second-order valence-corrected chi connectivity index (χ2v) is 6.87. The average molecular weight is 385 g/mol. The first kappa shape index (κ1) is 20.1. The average Bonchev–Trinajstić information content (AvgIpc) is 2.94. The molecule has 28 heavy (non-hydrogen) atoms. The number of imidazole rings is 1. The van der Waals surface area contributed by atoms with Gasteiger partial charge in [0.1, 0.15) is 18.5 Å². The van der Waals surface area contributed by atoms with Crippen molar-refractivity contribution in [2.24, 2.45) is 14.1 Å². The quantitative estimate of drug-likeness (QED) is 0.486. The minimum atomic E-state index is -0.792. The van der Waals surface area contributed by atoms with Gasteiger partial charge in [-0.15, -0.1) is 0 Å². The molecular formula is C21H27N3O4. The highest BCUT2D eigenvalue weighted by Crippen LogP contribution is 2.21. The highest BCUT2D eigenvalue weighted by molar-refractivity contribution is 5.76. The third kappa shape index (κ3) is 4.44. The van der Waals surface area contributed by atoms with Crippen molar-refractivity contribution in [1.29, 1.82) is 0 Å². The Bertz CT molecular complexity index is 976. The smallest absolute Gasteiger partial charge is 0.328 e. The standard InChI is InChI=1S/C21H27N3O4/c1-23-18-9-6-16(12-19(18)24(2)21(23)27)20(26)14-28-17-7-4-15(5-8-17)13-22-10-3-11-25/h4-9,12,20,22,25-26H,3,10-11,13-14H2,1-2H3/t20-/m1/s1. The van der Waals surface area contributed by atoms with Crippen LogP contribution in [-0.2, 0) is 20.6 Å². The largest absolute Gasteiger partial charge is 0.491 e. The lowest BCUT2D eigenvalue weighted by molar-refractivity contribution is 0.108. The number of benzene rings is 2. The number of aliphatic hydroxyl groups is 2. The van der Waals surface area contributed by atoms with E-state index in [1.54, 1.807) is 23.2 Å². The summed E-state index contributed by atoms with van der Waals surface area (Å²) in [5.74, 6) is 0.686. The Kier molecular flexibility index (Phi) is 6.51. The summed E-state index contributed by atoms with van der Waals surface area (Å²) in [6, 6.07) is 13.2. The van der Waals surface area contributed by atoms with Gasteiger partial charge in [0.05, 0.1) is 11.0 Å². The highest BCUT2D eigenvalue weighted by Gasteiger charge is 2.13. The Balaban J connectivity index is 1.59. The van der Waals surface area contributed by atoms with Gasteiger partial charge in [-0.3, -0.25) is 9.13 Å². The first-order valence-electron chi connectivity index (χ1n) is 9.38. The van der Waals surface area contributed by atoms with Gasteiger partial charge in [0.15, 0.2) is 0 Å². The van der Waals surface area contributed by atoms with E-state index in [9.17, 15) is 9.90 Å². The van der Waals surface area contributed by atoms with E-state index < -0.39 is 6.10 Å². The van der Waals surface area contributed by atoms with Gasteiger partial charge in [0.2, 0.25) is 0 Å². The van der Waals surface area contributed by atoms with Gasteiger partial charge in [-0.05, 0) is 48.4 Å². The maximum atomic E-state index is 12.0. The van der Waals surface area contributed by atoms with Gasteiger partial charge in [-0.1, -0.05) is 18.2 Å². The van der Waals surface area contributed by atoms with Crippen LogP contribution in [0.5, 0.6) is 5.75 Å². The molecule has 1 atom stereocenters. The van der Waals surface area contributed by atoms with Crippen molar-refractivity contribution in [2.75, 3.05) is 19.8 Å². The second kappa shape index (κ2) is 9.05. The summed E-state index contributed by atoms with van der Waals surface area (Å²) in [4.78, 5) is 12.0. The molecule has 1 heterocycles. The number of aliphatic hydroxyl groups excluding tert-OH is 2. The molecule has 1 aromatic heterocycles. The van der Waals surface area contributed by atoms with E-state index in [0.29, 0.717) is 11.3 Å². The minimum Gasteiger partial charge on any atom is -0.491 e. The molecule has 0 aliphatic rings. The lowest BCUT2D eigenvalue weighted by atomic mass is 10.1. The second-order valence-electron chi connectivity index (χ2n) is 6.87. The Morgan fingerprint density at radius 2 is 1.79 bits per heavy atom. The molecule has 0 fully saturated rings. The van der Waals surface area contributed by atoms with Gasteiger partial charge < -0.3 is 20.3 Å². The van der Waals surface area contributed by atoms with Crippen molar-refractivity contribution in [1.82, 2.24) is 14.5 Å². The van der Waals surface area contributed by atoms with E-state index in [1.807, 2.05) is 42.5 Å². The molecule has 0 aliphatic heterocycles. The van der Waals surface area contributed by atoms with Crippen LogP contribution in [-0.4, -0.2) is 39.1 Å².